The van der Waals surface area contributed by atoms with E-state index >= 15 is 0 Å². The average Bonchev–Trinajstić information content (AvgIpc) is 3.04. The third kappa shape index (κ3) is 3.84. The molecule has 104 valence electrons. The highest BCUT2D eigenvalue weighted by molar-refractivity contribution is 5.76. The summed E-state index contributed by atoms with van der Waals surface area (Å²) >= 11 is 0. The van der Waals surface area contributed by atoms with E-state index in [4.69, 9.17) is 9.52 Å². The van der Waals surface area contributed by atoms with E-state index in [1.54, 1.807) is 12.3 Å². The van der Waals surface area contributed by atoms with Gasteiger partial charge in [-0.1, -0.05) is 6.42 Å². The zero-order chi connectivity index (χ0) is 13.7. The predicted octanol–water partition coefficient (Wildman–Crippen LogP) is 1.83. The molecular formula is C14H19NO4. The highest BCUT2D eigenvalue weighted by atomic mass is 16.4. The molecule has 2 atom stereocenters. The van der Waals surface area contributed by atoms with Crippen LogP contribution < -0.4 is 5.32 Å². The van der Waals surface area contributed by atoms with Gasteiger partial charge in [-0.3, -0.25) is 9.59 Å². The van der Waals surface area contributed by atoms with Gasteiger partial charge >= 0.3 is 5.97 Å². The Morgan fingerprint density at radius 2 is 2.26 bits per heavy atom. The van der Waals surface area contributed by atoms with Crippen molar-refractivity contribution in [2.24, 2.45) is 11.8 Å². The lowest BCUT2D eigenvalue weighted by atomic mass is 9.96. The number of furan rings is 1. The van der Waals surface area contributed by atoms with Gasteiger partial charge in [-0.25, -0.2) is 0 Å². The molecule has 5 nitrogen and oxygen atoms in total. The van der Waals surface area contributed by atoms with Gasteiger partial charge in [-0.2, -0.15) is 0 Å². The molecule has 1 heterocycles. The van der Waals surface area contributed by atoms with E-state index in [1.165, 1.54) is 0 Å². The number of carbonyl (C=O) groups excluding carboxylic acids is 1. The largest absolute Gasteiger partial charge is 0.481 e. The van der Waals surface area contributed by atoms with Crippen molar-refractivity contribution in [3.05, 3.63) is 24.2 Å². The highest BCUT2D eigenvalue weighted by Crippen LogP contribution is 2.31. The second-order valence-corrected chi connectivity index (χ2v) is 5.02. The van der Waals surface area contributed by atoms with E-state index < -0.39 is 5.97 Å². The molecule has 0 aliphatic heterocycles. The van der Waals surface area contributed by atoms with Crippen molar-refractivity contribution in [3.63, 3.8) is 0 Å². The first-order valence-corrected chi connectivity index (χ1v) is 6.68. The number of carboxylic acids is 1. The molecule has 5 heteroatoms. The van der Waals surface area contributed by atoms with Crippen molar-refractivity contribution in [2.45, 2.75) is 32.1 Å². The molecular weight excluding hydrogens is 246 g/mol. The Morgan fingerprint density at radius 3 is 2.95 bits per heavy atom. The van der Waals surface area contributed by atoms with Crippen LogP contribution in [0.25, 0.3) is 0 Å². The van der Waals surface area contributed by atoms with Gasteiger partial charge in [0.2, 0.25) is 5.91 Å². The molecule has 1 aromatic rings. The number of carbonyl (C=O) groups is 2. The Balaban J connectivity index is 1.70. The summed E-state index contributed by atoms with van der Waals surface area (Å²) in [5, 5.41) is 11.9. The van der Waals surface area contributed by atoms with Crippen LogP contribution in [0.4, 0.5) is 0 Å². The van der Waals surface area contributed by atoms with Crippen LogP contribution in [0.1, 0.15) is 31.4 Å². The Kier molecular flexibility index (Phi) is 4.60. The van der Waals surface area contributed by atoms with E-state index in [0.717, 1.165) is 25.0 Å². The molecule has 0 aromatic carbocycles. The van der Waals surface area contributed by atoms with Crippen molar-refractivity contribution >= 4 is 11.9 Å². The minimum absolute atomic E-state index is 0.0487. The molecule has 0 bridgehead atoms. The minimum atomic E-state index is -0.743. The van der Waals surface area contributed by atoms with Gasteiger partial charge in [0.1, 0.15) is 5.76 Å². The number of aliphatic carboxylic acids is 1. The third-order valence-corrected chi connectivity index (χ3v) is 3.72. The normalized spacial score (nSPS) is 22.3. The van der Waals surface area contributed by atoms with Crippen LogP contribution in [0.15, 0.2) is 22.8 Å². The fourth-order valence-electron chi connectivity index (χ4n) is 2.63. The second-order valence-electron chi connectivity index (χ2n) is 5.02. The smallest absolute Gasteiger partial charge is 0.306 e. The summed E-state index contributed by atoms with van der Waals surface area (Å²) in [6.45, 7) is 0.466. The fourth-order valence-corrected chi connectivity index (χ4v) is 2.63. The van der Waals surface area contributed by atoms with Gasteiger partial charge < -0.3 is 14.8 Å². The lowest BCUT2D eigenvalue weighted by Gasteiger charge is -2.16. The molecule has 1 aliphatic rings. The zero-order valence-electron chi connectivity index (χ0n) is 10.8. The molecule has 1 aliphatic carbocycles. The number of aryl methyl sites for hydroxylation is 1. The van der Waals surface area contributed by atoms with Gasteiger partial charge in [-0.15, -0.1) is 0 Å². The number of nitrogens with one attached hydrogen (secondary N) is 1. The van der Waals surface area contributed by atoms with Crippen LogP contribution in [-0.2, 0) is 16.0 Å². The summed E-state index contributed by atoms with van der Waals surface area (Å²) in [7, 11) is 0. The molecule has 1 saturated carbocycles. The average molecular weight is 265 g/mol. The van der Waals surface area contributed by atoms with Crippen molar-refractivity contribution in [3.8, 4) is 0 Å². The van der Waals surface area contributed by atoms with Crippen molar-refractivity contribution in [1.82, 2.24) is 5.32 Å². The molecule has 2 unspecified atom stereocenters. The van der Waals surface area contributed by atoms with Crippen LogP contribution >= 0.6 is 0 Å². The maximum Gasteiger partial charge on any atom is 0.306 e. The summed E-state index contributed by atoms with van der Waals surface area (Å²) in [5.41, 5.74) is 0. The van der Waals surface area contributed by atoms with Crippen molar-refractivity contribution in [2.75, 3.05) is 6.54 Å². The molecule has 1 amide bonds. The first-order chi connectivity index (χ1) is 9.16. The molecule has 19 heavy (non-hydrogen) atoms. The third-order valence-electron chi connectivity index (χ3n) is 3.72. The van der Waals surface area contributed by atoms with Crippen LogP contribution in [0.5, 0.6) is 0 Å². The topological polar surface area (TPSA) is 79.5 Å². The van der Waals surface area contributed by atoms with E-state index in [-0.39, 0.29) is 17.7 Å². The summed E-state index contributed by atoms with van der Waals surface area (Å²) in [5.74, 6) is -0.227. The van der Waals surface area contributed by atoms with Crippen LogP contribution in [0.2, 0.25) is 0 Å². The minimum Gasteiger partial charge on any atom is -0.481 e. The lowest BCUT2D eigenvalue weighted by Crippen LogP contribution is -2.33. The maximum absolute atomic E-state index is 11.7. The SMILES string of the molecule is O=C(CCc1ccco1)NCC1CCCC1C(=O)O. The maximum atomic E-state index is 11.7. The quantitative estimate of drug-likeness (QED) is 0.822. The monoisotopic (exact) mass is 265 g/mol. The molecule has 2 N–H and O–H groups in total. The number of rotatable bonds is 6. The van der Waals surface area contributed by atoms with Gasteiger partial charge in [0.05, 0.1) is 12.2 Å². The number of hydrogen-bond donors (Lipinski definition) is 2. The Labute approximate surface area is 112 Å². The summed E-state index contributed by atoms with van der Waals surface area (Å²) in [6, 6.07) is 3.63. The van der Waals surface area contributed by atoms with Gasteiger partial charge in [-0.05, 0) is 30.9 Å². The Hall–Kier alpha value is -1.78. The van der Waals surface area contributed by atoms with E-state index in [1.807, 2.05) is 6.07 Å². The summed E-state index contributed by atoms with van der Waals surface area (Å²) < 4.78 is 5.15. The zero-order valence-corrected chi connectivity index (χ0v) is 10.8. The molecule has 0 saturated heterocycles. The molecule has 0 radical (unpaired) electrons. The van der Waals surface area contributed by atoms with Crippen LogP contribution in [0.3, 0.4) is 0 Å². The van der Waals surface area contributed by atoms with Gasteiger partial charge in [0.25, 0.3) is 0 Å². The number of hydrogen-bond acceptors (Lipinski definition) is 3. The Morgan fingerprint density at radius 1 is 1.42 bits per heavy atom. The van der Waals surface area contributed by atoms with E-state index in [9.17, 15) is 9.59 Å². The number of carboxylic acid groups (broad SMARTS) is 1. The number of amides is 1. The highest BCUT2D eigenvalue weighted by Gasteiger charge is 2.32. The second kappa shape index (κ2) is 6.41. The van der Waals surface area contributed by atoms with Crippen molar-refractivity contribution < 1.29 is 19.1 Å². The molecule has 1 fully saturated rings. The van der Waals surface area contributed by atoms with Gasteiger partial charge in [0.15, 0.2) is 0 Å². The first kappa shape index (κ1) is 13.6. The summed E-state index contributed by atoms with van der Waals surface area (Å²) in [4.78, 5) is 22.7. The molecule has 1 aromatic heterocycles. The van der Waals surface area contributed by atoms with Crippen LogP contribution in [0, 0.1) is 11.8 Å². The summed E-state index contributed by atoms with van der Waals surface area (Å²) in [6.07, 6.45) is 5.08. The predicted molar refractivity (Wildman–Crippen MR) is 68.5 cm³/mol. The molecule has 0 spiro atoms. The Bertz CT molecular complexity index is 427. The first-order valence-electron chi connectivity index (χ1n) is 6.68. The fraction of sp³-hybridized carbons (Fsp3) is 0.571. The van der Waals surface area contributed by atoms with Crippen LogP contribution in [-0.4, -0.2) is 23.5 Å². The molecule has 2 rings (SSSR count). The van der Waals surface area contributed by atoms with Gasteiger partial charge in [0, 0.05) is 19.4 Å². The standard InChI is InChI=1S/C14H19NO4/c16-13(7-6-11-4-2-8-19-11)15-9-10-3-1-5-12(10)14(17)18/h2,4,8,10,12H,1,3,5-7,9H2,(H,15,16)(H,17,18). The van der Waals surface area contributed by atoms with Crippen molar-refractivity contribution in [1.29, 1.82) is 0 Å². The van der Waals surface area contributed by atoms with E-state index in [0.29, 0.717) is 19.4 Å². The van der Waals surface area contributed by atoms with E-state index in [2.05, 4.69) is 5.32 Å². The lowest BCUT2D eigenvalue weighted by molar-refractivity contribution is -0.143.